The molecule has 1 atom stereocenters. The van der Waals surface area contributed by atoms with Gasteiger partial charge >= 0.3 is 6.03 Å². The standard InChI is InChI=1S/C13H19N3O/c14-7-6-12-8-15-13(17)16(10-12)9-11-4-2-1-3-5-11/h1-5,12H,6-10,14H2,(H,15,17). The van der Waals surface area contributed by atoms with Crippen LogP contribution in [0.3, 0.4) is 0 Å². The number of hydrogen-bond acceptors (Lipinski definition) is 2. The Balaban J connectivity index is 1.96. The Morgan fingerprint density at radius 3 is 2.82 bits per heavy atom. The minimum atomic E-state index is 0.0297. The third kappa shape index (κ3) is 3.20. The average molecular weight is 233 g/mol. The zero-order chi connectivity index (χ0) is 12.1. The molecule has 0 radical (unpaired) electrons. The van der Waals surface area contributed by atoms with Gasteiger partial charge in [-0.3, -0.25) is 0 Å². The molecular weight excluding hydrogens is 214 g/mol. The van der Waals surface area contributed by atoms with Crippen molar-refractivity contribution >= 4 is 6.03 Å². The molecule has 1 aromatic carbocycles. The number of carbonyl (C=O) groups is 1. The van der Waals surface area contributed by atoms with Crippen molar-refractivity contribution < 1.29 is 4.79 Å². The Morgan fingerprint density at radius 1 is 1.35 bits per heavy atom. The van der Waals surface area contributed by atoms with Crippen LogP contribution in [0.5, 0.6) is 0 Å². The van der Waals surface area contributed by atoms with Gasteiger partial charge in [0, 0.05) is 19.6 Å². The number of benzene rings is 1. The smallest absolute Gasteiger partial charge is 0.317 e. The Labute approximate surface area is 102 Å². The van der Waals surface area contributed by atoms with E-state index in [9.17, 15) is 4.79 Å². The monoisotopic (exact) mass is 233 g/mol. The predicted octanol–water partition coefficient (Wildman–Crippen LogP) is 1.18. The van der Waals surface area contributed by atoms with Crippen molar-refractivity contribution in [2.24, 2.45) is 11.7 Å². The van der Waals surface area contributed by atoms with Gasteiger partial charge in [0.1, 0.15) is 0 Å². The molecular formula is C13H19N3O. The zero-order valence-corrected chi connectivity index (χ0v) is 9.93. The summed E-state index contributed by atoms with van der Waals surface area (Å²) in [5.41, 5.74) is 6.72. The third-order valence-electron chi connectivity index (χ3n) is 3.10. The molecule has 1 unspecified atom stereocenters. The van der Waals surface area contributed by atoms with Gasteiger partial charge in [0.25, 0.3) is 0 Å². The van der Waals surface area contributed by atoms with E-state index in [4.69, 9.17) is 5.73 Å². The fourth-order valence-corrected chi connectivity index (χ4v) is 2.17. The fraction of sp³-hybridized carbons (Fsp3) is 0.462. The van der Waals surface area contributed by atoms with Crippen LogP contribution in [0, 0.1) is 5.92 Å². The van der Waals surface area contributed by atoms with Crippen LogP contribution in [0.4, 0.5) is 4.79 Å². The highest BCUT2D eigenvalue weighted by Crippen LogP contribution is 2.13. The Hall–Kier alpha value is -1.55. The molecule has 1 fully saturated rings. The fourth-order valence-electron chi connectivity index (χ4n) is 2.17. The highest BCUT2D eigenvalue weighted by molar-refractivity contribution is 5.75. The lowest BCUT2D eigenvalue weighted by molar-refractivity contribution is 0.162. The van der Waals surface area contributed by atoms with Gasteiger partial charge < -0.3 is 16.0 Å². The molecule has 92 valence electrons. The van der Waals surface area contributed by atoms with Crippen molar-refractivity contribution in [2.45, 2.75) is 13.0 Å². The summed E-state index contributed by atoms with van der Waals surface area (Å²) in [5.74, 6) is 0.474. The minimum Gasteiger partial charge on any atom is -0.338 e. The number of hydrogen-bond donors (Lipinski definition) is 2. The molecule has 0 aliphatic carbocycles. The van der Waals surface area contributed by atoms with Gasteiger partial charge in [-0.1, -0.05) is 30.3 Å². The van der Waals surface area contributed by atoms with Gasteiger partial charge in [-0.05, 0) is 24.4 Å². The SMILES string of the molecule is NCCC1CNC(=O)N(Cc2ccccc2)C1. The Kier molecular flexibility index (Phi) is 3.98. The first-order chi connectivity index (χ1) is 8.29. The van der Waals surface area contributed by atoms with Crippen LogP contribution in [-0.2, 0) is 6.54 Å². The number of nitrogens with two attached hydrogens (primary N) is 1. The summed E-state index contributed by atoms with van der Waals surface area (Å²) in [7, 11) is 0. The second kappa shape index (κ2) is 5.68. The summed E-state index contributed by atoms with van der Waals surface area (Å²) in [4.78, 5) is 13.6. The summed E-state index contributed by atoms with van der Waals surface area (Å²) in [6.45, 7) is 2.91. The largest absolute Gasteiger partial charge is 0.338 e. The van der Waals surface area contributed by atoms with E-state index in [0.717, 1.165) is 25.1 Å². The molecule has 0 aromatic heterocycles. The lowest BCUT2D eigenvalue weighted by Crippen LogP contribution is -2.50. The van der Waals surface area contributed by atoms with Gasteiger partial charge in [-0.15, -0.1) is 0 Å². The molecule has 1 aliphatic rings. The van der Waals surface area contributed by atoms with Gasteiger partial charge in [0.2, 0.25) is 0 Å². The summed E-state index contributed by atoms with van der Waals surface area (Å²) in [6, 6.07) is 10.1. The number of amides is 2. The molecule has 1 saturated heterocycles. The van der Waals surface area contributed by atoms with Crippen molar-refractivity contribution in [1.82, 2.24) is 10.2 Å². The number of nitrogens with one attached hydrogen (secondary N) is 1. The summed E-state index contributed by atoms with van der Waals surface area (Å²) < 4.78 is 0. The van der Waals surface area contributed by atoms with E-state index in [0.29, 0.717) is 19.0 Å². The van der Waals surface area contributed by atoms with Gasteiger partial charge in [-0.25, -0.2) is 4.79 Å². The first-order valence-corrected chi connectivity index (χ1v) is 6.06. The summed E-state index contributed by atoms with van der Waals surface area (Å²) in [5, 5.41) is 2.92. The van der Waals surface area contributed by atoms with E-state index in [1.807, 2.05) is 35.2 Å². The topological polar surface area (TPSA) is 58.4 Å². The van der Waals surface area contributed by atoms with Crippen LogP contribution in [0.1, 0.15) is 12.0 Å². The molecule has 2 rings (SSSR count). The minimum absolute atomic E-state index is 0.0297. The van der Waals surface area contributed by atoms with Crippen molar-refractivity contribution in [2.75, 3.05) is 19.6 Å². The third-order valence-corrected chi connectivity index (χ3v) is 3.10. The van der Waals surface area contributed by atoms with Crippen LogP contribution in [0.2, 0.25) is 0 Å². The van der Waals surface area contributed by atoms with E-state index < -0.39 is 0 Å². The van der Waals surface area contributed by atoms with Gasteiger partial charge in [0.15, 0.2) is 0 Å². The number of carbonyl (C=O) groups excluding carboxylic acids is 1. The Morgan fingerprint density at radius 2 is 2.12 bits per heavy atom. The lowest BCUT2D eigenvalue weighted by Gasteiger charge is -2.33. The van der Waals surface area contributed by atoms with Crippen LogP contribution in [0.15, 0.2) is 30.3 Å². The predicted molar refractivity (Wildman–Crippen MR) is 67.4 cm³/mol. The van der Waals surface area contributed by atoms with Crippen molar-refractivity contribution in [3.05, 3.63) is 35.9 Å². The molecule has 0 saturated carbocycles. The maximum atomic E-state index is 11.7. The molecule has 17 heavy (non-hydrogen) atoms. The van der Waals surface area contributed by atoms with Crippen LogP contribution >= 0.6 is 0 Å². The molecule has 4 heteroatoms. The summed E-state index contributed by atoms with van der Waals surface area (Å²) >= 11 is 0. The number of nitrogens with zero attached hydrogens (tertiary/aromatic N) is 1. The molecule has 3 N–H and O–H groups in total. The van der Waals surface area contributed by atoms with Crippen LogP contribution < -0.4 is 11.1 Å². The molecule has 0 bridgehead atoms. The van der Waals surface area contributed by atoms with E-state index in [1.165, 1.54) is 0 Å². The molecule has 1 heterocycles. The molecule has 2 amide bonds. The van der Waals surface area contributed by atoms with Crippen LogP contribution in [0.25, 0.3) is 0 Å². The van der Waals surface area contributed by atoms with Crippen LogP contribution in [-0.4, -0.2) is 30.6 Å². The van der Waals surface area contributed by atoms with E-state index in [-0.39, 0.29) is 6.03 Å². The van der Waals surface area contributed by atoms with E-state index in [1.54, 1.807) is 0 Å². The lowest BCUT2D eigenvalue weighted by atomic mass is 10.0. The highest BCUT2D eigenvalue weighted by atomic mass is 16.2. The second-order valence-electron chi connectivity index (χ2n) is 4.50. The molecule has 1 aliphatic heterocycles. The van der Waals surface area contributed by atoms with Crippen molar-refractivity contribution in [1.29, 1.82) is 0 Å². The van der Waals surface area contributed by atoms with Crippen molar-refractivity contribution in [3.63, 3.8) is 0 Å². The maximum absolute atomic E-state index is 11.7. The maximum Gasteiger partial charge on any atom is 0.317 e. The first-order valence-electron chi connectivity index (χ1n) is 6.06. The summed E-state index contributed by atoms with van der Waals surface area (Å²) in [6.07, 6.45) is 0.964. The first kappa shape index (κ1) is 11.9. The van der Waals surface area contributed by atoms with Crippen molar-refractivity contribution in [3.8, 4) is 0 Å². The van der Waals surface area contributed by atoms with E-state index >= 15 is 0 Å². The number of rotatable bonds is 4. The average Bonchev–Trinajstić information content (AvgIpc) is 2.35. The van der Waals surface area contributed by atoms with Gasteiger partial charge in [0.05, 0.1) is 0 Å². The van der Waals surface area contributed by atoms with Gasteiger partial charge in [-0.2, -0.15) is 0 Å². The molecule has 1 aromatic rings. The second-order valence-corrected chi connectivity index (χ2v) is 4.50. The highest BCUT2D eigenvalue weighted by Gasteiger charge is 2.24. The van der Waals surface area contributed by atoms with E-state index in [2.05, 4.69) is 5.32 Å². The normalized spacial score (nSPS) is 20.2. The molecule has 4 nitrogen and oxygen atoms in total. The quantitative estimate of drug-likeness (QED) is 0.820. The zero-order valence-electron chi connectivity index (χ0n) is 9.93. The Bertz CT molecular complexity index is 366. The number of urea groups is 1. The molecule has 0 spiro atoms.